The fourth-order valence-corrected chi connectivity index (χ4v) is 4.60. The molecule has 1 amide bonds. The standard InChI is InChI=1S/C26H32F2N4O2/c1-18-22(26(33)29-11-14-34-2)7-8-24-23(18)17-32(30-24)16-20-9-12-31(13-10-20)15-19-3-5-21(6-4-19)25(27)28/h3-8,17,20,25H,9-16H2,1-2H3,(H,29,33). The van der Waals surface area contributed by atoms with Crippen LogP contribution >= 0.6 is 0 Å². The predicted octanol–water partition coefficient (Wildman–Crippen LogP) is 4.57. The molecule has 1 aliphatic heterocycles. The Balaban J connectivity index is 1.32. The summed E-state index contributed by atoms with van der Waals surface area (Å²) in [6.07, 6.45) is 1.76. The van der Waals surface area contributed by atoms with Crippen molar-refractivity contribution in [3.63, 3.8) is 0 Å². The summed E-state index contributed by atoms with van der Waals surface area (Å²) in [4.78, 5) is 14.9. The van der Waals surface area contributed by atoms with Gasteiger partial charge in [0.2, 0.25) is 0 Å². The number of rotatable bonds is 9. The van der Waals surface area contributed by atoms with Crippen LogP contribution < -0.4 is 5.32 Å². The highest BCUT2D eigenvalue weighted by Gasteiger charge is 2.21. The predicted molar refractivity (Wildman–Crippen MR) is 128 cm³/mol. The van der Waals surface area contributed by atoms with Crippen LogP contribution in [-0.4, -0.2) is 53.9 Å². The average molecular weight is 471 g/mol. The number of hydrogen-bond acceptors (Lipinski definition) is 4. The average Bonchev–Trinajstić information content (AvgIpc) is 3.24. The Morgan fingerprint density at radius 2 is 1.91 bits per heavy atom. The van der Waals surface area contributed by atoms with E-state index in [2.05, 4.69) is 10.2 Å². The van der Waals surface area contributed by atoms with Crippen molar-refractivity contribution >= 4 is 16.8 Å². The van der Waals surface area contributed by atoms with Gasteiger partial charge in [-0.2, -0.15) is 5.10 Å². The van der Waals surface area contributed by atoms with E-state index in [1.54, 1.807) is 19.2 Å². The minimum absolute atomic E-state index is 0.0724. The number of methoxy groups -OCH3 is 1. The molecule has 1 aliphatic rings. The second-order valence-electron chi connectivity index (χ2n) is 9.03. The van der Waals surface area contributed by atoms with E-state index in [9.17, 15) is 13.6 Å². The molecule has 1 saturated heterocycles. The number of nitrogens with one attached hydrogen (secondary N) is 1. The van der Waals surface area contributed by atoms with Crippen molar-refractivity contribution in [2.24, 2.45) is 5.92 Å². The van der Waals surface area contributed by atoms with Gasteiger partial charge in [-0.15, -0.1) is 0 Å². The summed E-state index contributed by atoms with van der Waals surface area (Å²) in [5.41, 5.74) is 3.64. The molecule has 1 aromatic heterocycles. The van der Waals surface area contributed by atoms with Gasteiger partial charge in [0, 0.05) is 49.5 Å². The zero-order chi connectivity index (χ0) is 24.1. The van der Waals surface area contributed by atoms with Crippen LogP contribution in [0.4, 0.5) is 8.78 Å². The molecule has 2 heterocycles. The molecule has 0 saturated carbocycles. The smallest absolute Gasteiger partial charge is 0.263 e. The van der Waals surface area contributed by atoms with Crippen LogP contribution in [0.2, 0.25) is 0 Å². The highest BCUT2D eigenvalue weighted by atomic mass is 19.3. The molecule has 6 nitrogen and oxygen atoms in total. The molecule has 1 N–H and O–H groups in total. The summed E-state index contributed by atoms with van der Waals surface area (Å²) in [5, 5.41) is 8.62. The first kappa shape index (κ1) is 24.3. The number of aryl methyl sites for hydroxylation is 1. The fraction of sp³-hybridized carbons (Fsp3) is 0.462. The number of aromatic nitrogens is 2. The number of alkyl halides is 2. The molecular weight excluding hydrogens is 438 g/mol. The van der Waals surface area contributed by atoms with Gasteiger partial charge < -0.3 is 10.1 Å². The molecule has 0 spiro atoms. The van der Waals surface area contributed by atoms with Crippen molar-refractivity contribution in [2.45, 2.75) is 39.3 Å². The highest BCUT2D eigenvalue weighted by Crippen LogP contribution is 2.25. The Labute approximate surface area is 198 Å². The molecule has 182 valence electrons. The number of nitrogens with zero attached hydrogens (tertiary/aromatic N) is 3. The van der Waals surface area contributed by atoms with E-state index in [1.165, 1.54) is 12.1 Å². The first-order valence-electron chi connectivity index (χ1n) is 11.8. The van der Waals surface area contributed by atoms with E-state index >= 15 is 0 Å². The summed E-state index contributed by atoms with van der Waals surface area (Å²) < 4.78 is 32.5. The van der Waals surface area contributed by atoms with E-state index < -0.39 is 6.43 Å². The summed E-state index contributed by atoms with van der Waals surface area (Å²) in [5.74, 6) is 0.435. The molecule has 8 heteroatoms. The van der Waals surface area contributed by atoms with Gasteiger partial charge in [0.25, 0.3) is 12.3 Å². The number of hydrogen-bond donors (Lipinski definition) is 1. The van der Waals surface area contributed by atoms with Crippen LogP contribution in [0.25, 0.3) is 10.9 Å². The van der Waals surface area contributed by atoms with Crippen LogP contribution in [-0.2, 0) is 17.8 Å². The van der Waals surface area contributed by atoms with Crippen LogP contribution in [0.15, 0.2) is 42.6 Å². The number of fused-ring (bicyclic) bond motifs is 1. The molecule has 34 heavy (non-hydrogen) atoms. The maximum Gasteiger partial charge on any atom is 0.263 e. The van der Waals surface area contributed by atoms with Crippen LogP contribution in [0.1, 0.15) is 46.3 Å². The van der Waals surface area contributed by atoms with E-state index in [-0.39, 0.29) is 11.5 Å². The number of likely N-dealkylation sites (tertiary alicyclic amines) is 1. The van der Waals surface area contributed by atoms with Crippen LogP contribution in [0, 0.1) is 12.8 Å². The van der Waals surface area contributed by atoms with Gasteiger partial charge in [-0.05, 0) is 62.0 Å². The number of piperidine rings is 1. The van der Waals surface area contributed by atoms with Crippen LogP contribution in [0.5, 0.6) is 0 Å². The Kier molecular flexibility index (Phi) is 7.90. The van der Waals surface area contributed by atoms with Crippen molar-refractivity contribution in [2.75, 3.05) is 33.4 Å². The molecule has 1 fully saturated rings. The summed E-state index contributed by atoms with van der Waals surface area (Å²) in [6, 6.07) is 10.4. The van der Waals surface area contributed by atoms with Crippen molar-refractivity contribution in [3.05, 3.63) is 64.8 Å². The lowest BCUT2D eigenvalue weighted by molar-refractivity contribution is 0.0936. The minimum atomic E-state index is -2.42. The van der Waals surface area contributed by atoms with Crippen molar-refractivity contribution in [1.29, 1.82) is 0 Å². The Morgan fingerprint density at radius 3 is 2.59 bits per heavy atom. The summed E-state index contributed by atoms with van der Waals surface area (Å²) in [7, 11) is 1.61. The third kappa shape index (κ3) is 5.80. The van der Waals surface area contributed by atoms with E-state index in [4.69, 9.17) is 9.84 Å². The molecule has 3 aromatic rings. The Bertz CT molecular complexity index is 1110. The Morgan fingerprint density at radius 1 is 1.18 bits per heavy atom. The van der Waals surface area contributed by atoms with E-state index in [1.807, 2.05) is 29.9 Å². The molecule has 4 rings (SSSR count). The first-order chi connectivity index (χ1) is 16.4. The van der Waals surface area contributed by atoms with Gasteiger partial charge in [0.05, 0.1) is 12.1 Å². The maximum atomic E-state index is 12.7. The third-order valence-electron chi connectivity index (χ3n) is 6.63. The minimum Gasteiger partial charge on any atom is -0.383 e. The SMILES string of the molecule is COCCNC(=O)c1ccc2nn(CC3CCN(Cc4ccc(C(F)F)cc4)CC3)cc2c1C. The number of amides is 1. The summed E-state index contributed by atoms with van der Waals surface area (Å²) >= 11 is 0. The zero-order valence-electron chi connectivity index (χ0n) is 19.8. The zero-order valence-corrected chi connectivity index (χ0v) is 19.8. The fourth-order valence-electron chi connectivity index (χ4n) is 4.60. The molecule has 2 aromatic carbocycles. The van der Waals surface area contributed by atoms with Gasteiger partial charge in [-0.1, -0.05) is 24.3 Å². The van der Waals surface area contributed by atoms with Crippen LogP contribution in [0.3, 0.4) is 0 Å². The Hall–Kier alpha value is -2.84. The van der Waals surface area contributed by atoms with Gasteiger partial charge in [0.15, 0.2) is 0 Å². The monoisotopic (exact) mass is 470 g/mol. The third-order valence-corrected chi connectivity index (χ3v) is 6.63. The molecule has 0 atom stereocenters. The molecule has 0 radical (unpaired) electrons. The summed E-state index contributed by atoms with van der Waals surface area (Å²) in [6.45, 7) is 6.52. The lowest BCUT2D eigenvalue weighted by Gasteiger charge is -2.32. The second-order valence-corrected chi connectivity index (χ2v) is 9.03. The normalized spacial score (nSPS) is 15.3. The topological polar surface area (TPSA) is 59.4 Å². The number of benzene rings is 2. The second kappa shape index (κ2) is 11.1. The van der Waals surface area contributed by atoms with Crippen molar-refractivity contribution in [3.8, 4) is 0 Å². The van der Waals surface area contributed by atoms with Gasteiger partial charge in [-0.3, -0.25) is 14.4 Å². The van der Waals surface area contributed by atoms with Gasteiger partial charge in [0.1, 0.15) is 0 Å². The van der Waals surface area contributed by atoms with E-state index in [0.717, 1.165) is 61.1 Å². The largest absolute Gasteiger partial charge is 0.383 e. The number of carbonyl (C=O) groups excluding carboxylic acids is 1. The van der Waals surface area contributed by atoms with Crippen molar-refractivity contribution < 1.29 is 18.3 Å². The maximum absolute atomic E-state index is 12.7. The number of halogens is 2. The van der Waals surface area contributed by atoms with Crippen molar-refractivity contribution in [1.82, 2.24) is 20.0 Å². The first-order valence-corrected chi connectivity index (χ1v) is 11.8. The number of carbonyl (C=O) groups is 1. The molecular formula is C26H32F2N4O2. The van der Waals surface area contributed by atoms with E-state index in [0.29, 0.717) is 24.6 Å². The lowest BCUT2D eigenvalue weighted by atomic mass is 9.96. The molecule has 0 aliphatic carbocycles. The number of ether oxygens (including phenoxy) is 1. The van der Waals surface area contributed by atoms with Gasteiger partial charge in [-0.25, -0.2) is 8.78 Å². The molecule has 0 bridgehead atoms. The highest BCUT2D eigenvalue weighted by molar-refractivity contribution is 6.00. The lowest BCUT2D eigenvalue weighted by Crippen LogP contribution is -2.34. The van der Waals surface area contributed by atoms with Gasteiger partial charge >= 0.3 is 0 Å². The quantitative estimate of drug-likeness (QED) is 0.466. The molecule has 0 unspecified atom stereocenters.